The SMILES string of the molecule is O=C(CN1C(=O)S/C(=C/c2cc(I)c(OCc3cccc(F)c3)c(I)c2)C1=O)Nc1ccccc1Cl. The van der Waals surface area contributed by atoms with E-state index in [0.717, 1.165) is 23.8 Å². The fourth-order valence-corrected chi connectivity index (χ4v) is 6.42. The highest BCUT2D eigenvalue weighted by atomic mass is 127. The summed E-state index contributed by atoms with van der Waals surface area (Å²) >= 11 is 11.1. The smallest absolute Gasteiger partial charge is 0.294 e. The molecule has 0 unspecified atom stereocenters. The van der Waals surface area contributed by atoms with Crippen LogP contribution in [0.5, 0.6) is 5.75 Å². The lowest BCUT2D eigenvalue weighted by molar-refractivity contribution is -0.127. The van der Waals surface area contributed by atoms with E-state index >= 15 is 0 Å². The highest BCUT2D eigenvalue weighted by Crippen LogP contribution is 2.35. The molecule has 0 atom stereocenters. The number of anilines is 1. The predicted molar refractivity (Wildman–Crippen MR) is 155 cm³/mol. The van der Waals surface area contributed by atoms with Crippen LogP contribution in [0.25, 0.3) is 6.08 Å². The molecule has 1 N–H and O–H groups in total. The summed E-state index contributed by atoms with van der Waals surface area (Å²) in [5, 5.41) is 2.43. The Morgan fingerprint density at radius 1 is 1.08 bits per heavy atom. The van der Waals surface area contributed by atoms with Crippen molar-refractivity contribution in [3.05, 3.63) is 94.7 Å². The van der Waals surface area contributed by atoms with E-state index in [-0.39, 0.29) is 17.3 Å². The zero-order valence-electron chi connectivity index (χ0n) is 18.3. The van der Waals surface area contributed by atoms with Crippen LogP contribution in [-0.4, -0.2) is 28.5 Å². The van der Waals surface area contributed by atoms with Gasteiger partial charge in [0.1, 0.15) is 24.7 Å². The van der Waals surface area contributed by atoms with E-state index in [9.17, 15) is 18.8 Å². The second-order valence-corrected chi connectivity index (χ2v) is 11.3. The van der Waals surface area contributed by atoms with Crippen molar-refractivity contribution in [1.29, 1.82) is 0 Å². The lowest BCUT2D eigenvalue weighted by Gasteiger charge is -2.13. The van der Waals surface area contributed by atoms with Crippen LogP contribution in [0.1, 0.15) is 11.1 Å². The second kappa shape index (κ2) is 11.9. The Bertz CT molecular complexity index is 1380. The highest BCUT2D eigenvalue weighted by Gasteiger charge is 2.36. The summed E-state index contributed by atoms with van der Waals surface area (Å²) in [6.07, 6.45) is 1.61. The predicted octanol–water partition coefficient (Wildman–Crippen LogP) is 6.94. The highest BCUT2D eigenvalue weighted by molar-refractivity contribution is 14.1. The Hall–Kier alpha value is -2.16. The number of para-hydroxylation sites is 1. The molecule has 6 nitrogen and oxygen atoms in total. The third kappa shape index (κ3) is 6.58. The Morgan fingerprint density at radius 2 is 1.81 bits per heavy atom. The molecule has 1 aliphatic rings. The maximum Gasteiger partial charge on any atom is 0.294 e. The number of amides is 3. The van der Waals surface area contributed by atoms with Crippen molar-refractivity contribution in [2.24, 2.45) is 0 Å². The number of imide groups is 1. The van der Waals surface area contributed by atoms with Gasteiger partial charge in [0.2, 0.25) is 5.91 Å². The van der Waals surface area contributed by atoms with Crippen LogP contribution in [0.15, 0.2) is 65.6 Å². The van der Waals surface area contributed by atoms with Crippen molar-refractivity contribution in [3.8, 4) is 5.75 Å². The molecule has 3 aromatic rings. The Kier molecular flexibility index (Phi) is 8.91. The maximum absolute atomic E-state index is 13.4. The standard InChI is InChI=1S/C25H16ClFI2N2O4S/c26-17-6-1-2-7-20(17)30-22(32)12-31-24(33)21(36-25(31)34)11-15-9-18(28)23(19(29)10-15)35-13-14-4-3-5-16(27)8-14/h1-11H,12-13H2,(H,30,32)/b21-11+. The van der Waals surface area contributed by atoms with E-state index in [1.165, 1.54) is 12.1 Å². The number of hydrogen-bond acceptors (Lipinski definition) is 5. The minimum absolute atomic E-state index is 0.207. The Labute approximate surface area is 242 Å². The van der Waals surface area contributed by atoms with Gasteiger partial charge < -0.3 is 10.1 Å². The first-order valence-corrected chi connectivity index (χ1v) is 13.7. The van der Waals surface area contributed by atoms with Crippen LogP contribution in [-0.2, 0) is 16.2 Å². The number of thioether (sulfide) groups is 1. The molecular weight excluding hydrogens is 733 g/mol. The molecule has 0 spiro atoms. The molecule has 1 aliphatic heterocycles. The van der Waals surface area contributed by atoms with Crippen molar-refractivity contribution in [2.75, 3.05) is 11.9 Å². The Morgan fingerprint density at radius 3 is 2.50 bits per heavy atom. The number of rotatable bonds is 7. The van der Waals surface area contributed by atoms with Gasteiger partial charge in [-0.15, -0.1) is 0 Å². The largest absolute Gasteiger partial charge is 0.487 e. The topological polar surface area (TPSA) is 75.7 Å². The van der Waals surface area contributed by atoms with Gasteiger partial charge in [-0.1, -0.05) is 35.9 Å². The average molecular weight is 749 g/mol. The van der Waals surface area contributed by atoms with Gasteiger partial charge in [0.25, 0.3) is 11.1 Å². The van der Waals surface area contributed by atoms with E-state index in [1.54, 1.807) is 42.5 Å². The molecule has 0 aromatic heterocycles. The molecule has 11 heteroatoms. The molecule has 1 saturated heterocycles. The molecule has 3 amide bonds. The molecule has 3 aromatic carbocycles. The van der Waals surface area contributed by atoms with E-state index in [0.29, 0.717) is 27.6 Å². The molecule has 4 rings (SSSR count). The monoisotopic (exact) mass is 748 g/mol. The second-order valence-electron chi connectivity index (χ2n) is 7.53. The third-order valence-electron chi connectivity index (χ3n) is 4.91. The van der Waals surface area contributed by atoms with Crippen molar-refractivity contribution < 1.29 is 23.5 Å². The van der Waals surface area contributed by atoms with Gasteiger partial charge >= 0.3 is 0 Å². The lowest BCUT2D eigenvalue weighted by Crippen LogP contribution is -2.36. The normalized spacial score (nSPS) is 14.4. The Balaban J connectivity index is 1.44. The van der Waals surface area contributed by atoms with E-state index in [1.807, 2.05) is 12.1 Å². The number of nitrogens with one attached hydrogen (secondary N) is 1. The third-order valence-corrected chi connectivity index (χ3v) is 7.75. The van der Waals surface area contributed by atoms with Crippen molar-refractivity contribution in [1.82, 2.24) is 4.90 Å². The fourth-order valence-electron chi connectivity index (χ4n) is 3.27. The number of carbonyl (C=O) groups is 3. The number of ether oxygens (including phenoxy) is 1. The zero-order chi connectivity index (χ0) is 25.8. The summed E-state index contributed by atoms with van der Waals surface area (Å²) in [5.41, 5.74) is 1.81. The minimum Gasteiger partial charge on any atom is -0.487 e. The van der Waals surface area contributed by atoms with Gasteiger partial charge in [-0.05, 0) is 111 Å². The van der Waals surface area contributed by atoms with Gasteiger partial charge in [-0.2, -0.15) is 0 Å². The van der Waals surface area contributed by atoms with Crippen LogP contribution in [0, 0.1) is 13.0 Å². The number of carbonyl (C=O) groups excluding carboxylic acids is 3. The summed E-state index contributed by atoms with van der Waals surface area (Å²) in [6, 6.07) is 16.5. The quantitative estimate of drug-likeness (QED) is 0.210. The van der Waals surface area contributed by atoms with Crippen LogP contribution in [0.3, 0.4) is 0 Å². The summed E-state index contributed by atoms with van der Waals surface area (Å²) in [7, 11) is 0. The summed E-state index contributed by atoms with van der Waals surface area (Å²) < 4.78 is 20.9. The van der Waals surface area contributed by atoms with Crippen LogP contribution in [0.4, 0.5) is 14.9 Å². The van der Waals surface area contributed by atoms with Crippen molar-refractivity contribution in [2.45, 2.75) is 6.61 Å². The summed E-state index contributed by atoms with van der Waals surface area (Å²) in [5.74, 6) is -0.764. The van der Waals surface area contributed by atoms with Crippen molar-refractivity contribution in [3.63, 3.8) is 0 Å². The first-order chi connectivity index (χ1) is 17.2. The minimum atomic E-state index is -0.546. The van der Waals surface area contributed by atoms with E-state index in [4.69, 9.17) is 16.3 Å². The summed E-state index contributed by atoms with van der Waals surface area (Å²) in [4.78, 5) is 38.8. The average Bonchev–Trinajstić information content (AvgIpc) is 3.07. The first kappa shape index (κ1) is 26.9. The molecule has 1 fully saturated rings. The molecular formula is C25H16ClFI2N2O4S. The molecule has 0 bridgehead atoms. The molecule has 0 saturated carbocycles. The number of hydrogen-bond donors (Lipinski definition) is 1. The van der Waals surface area contributed by atoms with Gasteiger partial charge in [0, 0.05) is 0 Å². The fraction of sp³-hybridized carbons (Fsp3) is 0.0800. The summed E-state index contributed by atoms with van der Waals surface area (Å²) in [6.45, 7) is -0.215. The molecule has 0 radical (unpaired) electrons. The molecule has 1 heterocycles. The van der Waals surface area contributed by atoms with Gasteiger partial charge in [0.15, 0.2) is 0 Å². The zero-order valence-corrected chi connectivity index (χ0v) is 24.2. The molecule has 36 heavy (non-hydrogen) atoms. The van der Waals surface area contributed by atoms with E-state index < -0.39 is 23.6 Å². The first-order valence-electron chi connectivity index (χ1n) is 10.4. The number of halogens is 4. The van der Waals surface area contributed by atoms with Crippen LogP contribution < -0.4 is 10.1 Å². The van der Waals surface area contributed by atoms with Crippen LogP contribution >= 0.6 is 68.5 Å². The van der Waals surface area contributed by atoms with Gasteiger partial charge in [-0.3, -0.25) is 19.3 Å². The van der Waals surface area contributed by atoms with Gasteiger partial charge in [-0.25, -0.2) is 4.39 Å². The molecule has 184 valence electrons. The number of nitrogens with zero attached hydrogens (tertiary/aromatic N) is 1. The van der Waals surface area contributed by atoms with Crippen LogP contribution in [0.2, 0.25) is 5.02 Å². The van der Waals surface area contributed by atoms with E-state index in [2.05, 4.69) is 50.5 Å². The maximum atomic E-state index is 13.4. The van der Waals surface area contributed by atoms with Gasteiger partial charge in [0.05, 0.1) is 22.8 Å². The lowest BCUT2D eigenvalue weighted by atomic mass is 10.2. The number of benzene rings is 3. The molecule has 0 aliphatic carbocycles. The van der Waals surface area contributed by atoms with Crippen molar-refractivity contribution >= 4 is 97.4 Å².